The van der Waals surface area contributed by atoms with Crippen LogP contribution in [0.25, 0.3) is 0 Å². The Bertz CT molecular complexity index is 721. The Hall–Kier alpha value is -2.50. The van der Waals surface area contributed by atoms with Crippen LogP contribution in [0.5, 0.6) is 5.75 Å². The van der Waals surface area contributed by atoms with Crippen molar-refractivity contribution in [3.8, 4) is 5.75 Å². The molecule has 0 saturated heterocycles. The third-order valence-corrected chi connectivity index (χ3v) is 3.97. The Labute approximate surface area is 156 Å². The molecule has 2 N–H and O–H groups in total. The van der Waals surface area contributed by atoms with Gasteiger partial charge in [0.1, 0.15) is 11.6 Å². The van der Waals surface area contributed by atoms with Crippen LogP contribution in [0.15, 0.2) is 35.6 Å². The lowest BCUT2D eigenvalue weighted by Gasteiger charge is -2.16. The second-order valence-corrected chi connectivity index (χ2v) is 6.71. The number of ether oxygens (including phenoxy) is 1. The quantitative estimate of drug-likeness (QED) is 0.563. The number of aliphatic imine (C=N–C) groups is 1. The minimum Gasteiger partial charge on any atom is -0.494 e. The molecule has 6 nitrogen and oxygen atoms in total. The Morgan fingerprint density at radius 3 is 2.73 bits per heavy atom. The van der Waals surface area contributed by atoms with Gasteiger partial charge in [-0.15, -0.1) is 0 Å². The van der Waals surface area contributed by atoms with Crippen LogP contribution in [0.2, 0.25) is 0 Å². The lowest BCUT2D eigenvalue weighted by atomic mass is 10.1. The highest BCUT2D eigenvalue weighted by atomic mass is 16.5. The van der Waals surface area contributed by atoms with Crippen molar-refractivity contribution in [3.63, 3.8) is 0 Å². The zero-order chi connectivity index (χ0) is 18.9. The zero-order valence-electron chi connectivity index (χ0n) is 16.5. The fraction of sp³-hybridized carbons (Fsp3) is 0.500. The first-order chi connectivity index (χ1) is 12.5. The van der Waals surface area contributed by atoms with Gasteiger partial charge in [-0.1, -0.05) is 26.0 Å². The molecule has 0 atom stereocenters. The molecule has 0 fully saturated rings. The van der Waals surface area contributed by atoms with E-state index in [0.717, 1.165) is 29.6 Å². The van der Waals surface area contributed by atoms with Gasteiger partial charge in [-0.05, 0) is 31.4 Å². The monoisotopic (exact) mass is 357 g/mol. The topological polar surface area (TPSA) is 63.5 Å². The van der Waals surface area contributed by atoms with E-state index in [-0.39, 0.29) is 0 Å². The molecule has 0 spiro atoms. The zero-order valence-corrected chi connectivity index (χ0v) is 16.5. The van der Waals surface area contributed by atoms with Crippen molar-refractivity contribution in [2.45, 2.75) is 47.3 Å². The maximum absolute atomic E-state index is 5.74. The summed E-state index contributed by atoms with van der Waals surface area (Å²) in [5.41, 5.74) is 2.30. The average Bonchev–Trinajstić information content (AvgIpc) is 3.03. The second-order valence-electron chi connectivity index (χ2n) is 6.71. The number of nitrogens with one attached hydrogen (secondary N) is 2. The van der Waals surface area contributed by atoms with Crippen molar-refractivity contribution in [3.05, 3.63) is 47.5 Å². The Morgan fingerprint density at radius 1 is 1.27 bits per heavy atom. The summed E-state index contributed by atoms with van der Waals surface area (Å²) in [7, 11) is 1.77. The number of hydrogen-bond donors (Lipinski definition) is 2. The normalized spacial score (nSPS) is 11.7. The summed E-state index contributed by atoms with van der Waals surface area (Å²) in [6.45, 7) is 11.4. The molecule has 26 heavy (non-hydrogen) atoms. The molecule has 0 aliphatic carbocycles. The highest BCUT2D eigenvalue weighted by molar-refractivity contribution is 5.79. The highest BCUT2D eigenvalue weighted by Gasteiger charge is 2.08. The maximum Gasteiger partial charge on any atom is 0.191 e. The molecule has 2 aromatic rings. The number of imidazole rings is 1. The van der Waals surface area contributed by atoms with Gasteiger partial charge >= 0.3 is 0 Å². The fourth-order valence-electron chi connectivity index (χ4n) is 2.73. The van der Waals surface area contributed by atoms with Crippen molar-refractivity contribution in [2.75, 3.05) is 13.7 Å². The number of aromatic nitrogens is 2. The third kappa shape index (κ3) is 5.79. The van der Waals surface area contributed by atoms with Crippen LogP contribution < -0.4 is 15.4 Å². The smallest absolute Gasteiger partial charge is 0.191 e. The Balaban J connectivity index is 1.94. The molecule has 0 unspecified atom stereocenters. The third-order valence-electron chi connectivity index (χ3n) is 3.97. The van der Waals surface area contributed by atoms with Gasteiger partial charge in [0, 0.05) is 38.1 Å². The van der Waals surface area contributed by atoms with Gasteiger partial charge in [-0.2, -0.15) is 0 Å². The number of nitrogens with zero attached hydrogens (tertiary/aromatic N) is 3. The van der Waals surface area contributed by atoms with Crippen molar-refractivity contribution >= 4 is 5.96 Å². The van der Waals surface area contributed by atoms with Crippen molar-refractivity contribution in [1.29, 1.82) is 0 Å². The molecular formula is C20H31N5O. The molecule has 2 rings (SSSR count). The van der Waals surface area contributed by atoms with Gasteiger partial charge in [-0.25, -0.2) is 4.98 Å². The summed E-state index contributed by atoms with van der Waals surface area (Å²) in [5, 5.41) is 6.68. The average molecular weight is 358 g/mol. The van der Waals surface area contributed by atoms with E-state index >= 15 is 0 Å². The number of aryl methyl sites for hydroxylation is 1. The second kappa shape index (κ2) is 9.85. The minimum atomic E-state index is 0.582. The largest absolute Gasteiger partial charge is 0.494 e. The predicted octanol–water partition coefficient (Wildman–Crippen LogP) is 3.11. The van der Waals surface area contributed by atoms with Crippen molar-refractivity contribution < 1.29 is 4.74 Å². The maximum atomic E-state index is 5.74. The van der Waals surface area contributed by atoms with E-state index in [2.05, 4.69) is 64.1 Å². The van der Waals surface area contributed by atoms with Crippen LogP contribution in [-0.2, 0) is 19.6 Å². The van der Waals surface area contributed by atoms with E-state index in [1.165, 1.54) is 5.56 Å². The minimum absolute atomic E-state index is 0.582. The fourth-order valence-corrected chi connectivity index (χ4v) is 2.73. The first-order valence-corrected chi connectivity index (χ1v) is 9.20. The van der Waals surface area contributed by atoms with Crippen LogP contribution in [0.1, 0.15) is 37.7 Å². The molecule has 1 aromatic carbocycles. The SMILES string of the molecule is CCOc1cc(C)ccc1CNC(=NC)NCc1nccn1CC(C)C. The molecule has 1 heterocycles. The molecule has 6 heteroatoms. The van der Waals surface area contributed by atoms with Crippen molar-refractivity contribution in [2.24, 2.45) is 10.9 Å². The first kappa shape index (κ1) is 19.8. The highest BCUT2D eigenvalue weighted by Crippen LogP contribution is 2.20. The van der Waals surface area contributed by atoms with E-state index in [1.54, 1.807) is 7.05 Å². The van der Waals surface area contributed by atoms with E-state index < -0.39 is 0 Å². The van der Waals surface area contributed by atoms with Gasteiger partial charge in [0.2, 0.25) is 0 Å². The Kier molecular flexibility index (Phi) is 7.51. The summed E-state index contributed by atoms with van der Waals surface area (Å²) in [4.78, 5) is 8.74. The van der Waals surface area contributed by atoms with Crippen LogP contribution in [0.3, 0.4) is 0 Å². The van der Waals surface area contributed by atoms with E-state index in [0.29, 0.717) is 25.6 Å². The summed E-state index contributed by atoms with van der Waals surface area (Å²) in [5.74, 6) is 3.25. The molecule has 0 amide bonds. The van der Waals surface area contributed by atoms with E-state index in [1.807, 2.05) is 19.3 Å². The molecule has 142 valence electrons. The number of benzene rings is 1. The number of guanidine groups is 1. The van der Waals surface area contributed by atoms with Crippen LogP contribution in [0, 0.1) is 12.8 Å². The molecule has 0 saturated carbocycles. The number of hydrogen-bond acceptors (Lipinski definition) is 3. The summed E-state index contributed by atoms with van der Waals surface area (Å²) >= 11 is 0. The standard InChI is InChI=1S/C20H31N5O/c1-6-26-18-11-16(4)7-8-17(18)12-23-20(21-5)24-13-19-22-9-10-25(19)14-15(2)3/h7-11,15H,6,12-14H2,1-5H3,(H2,21,23,24). The van der Waals surface area contributed by atoms with Gasteiger partial charge in [-0.3, -0.25) is 4.99 Å². The molecule has 0 radical (unpaired) electrons. The van der Waals surface area contributed by atoms with Crippen molar-refractivity contribution in [1.82, 2.24) is 20.2 Å². The molecule has 0 aliphatic heterocycles. The number of rotatable bonds is 8. The lowest BCUT2D eigenvalue weighted by molar-refractivity contribution is 0.336. The van der Waals surface area contributed by atoms with Gasteiger partial charge in [0.25, 0.3) is 0 Å². The van der Waals surface area contributed by atoms with Gasteiger partial charge in [0.15, 0.2) is 5.96 Å². The van der Waals surface area contributed by atoms with Crippen LogP contribution in [0.4, 0.5) is 0 Å². The van der Waals surface area contributed by atoms with Gasteiger partial charge in [0.05, 0.1) is 13.2 Å². The summed E-state index contributed by atoms with van der Waals surface area (Å²) < 4.78 is 7.92. The summed E-state index contributed by atoms with van der Waals surface area (Å²) in [6, 6.07) is 6.26. The van der Waals surface area contributed by atoms with Gasteiger partial charge < -0.3 is 19.9 Å². The molecule has 0 aliphatic rings. The van der Waals surface area contributed by atoms with E-state index in [9.17, 15) is 0 Å². The molecule has 0 bridgehead atoms. The Morgan fingerprint density at radius 2 is 2.04 bits per heavy atom. The lowest BCUT2D eigenvalue weighted by Crippen LogP contribution is -2.37. The van der Waals surface area contributed by atoms with Crippen LogP contribution >= 0.6 is 0 Å². The molecule has 1 aromatic heterocycles. The molecular weight excluding hydrogens is 326 g/mol. The van der Waals surface area contributed by atoms with E-state index in [4.69, 9.17) is 4.74 Å². The predicted molar refractivity (Wildman–Crippen MR) is 106 cm³/mol. The van der Waals surface area contributed by atoms with Crippen LogP contribution in [-0.4, -0.2) is 29.2 Å². The first-order valence-electron chi connectivity index (χ1n) is 9.20. The summed E-state index contributed by atoms with van der Waals surface area (Å²) in [6.07, 6.45) is 3.87.